The number of piperidine rings is 1. The van der Waals surface area contributed by atoms with Crippen molar-refractivity contribution < 1.29 is 9.59 Å². The number of carbonyl (C=O) groups is 2. The van der Waals surface area contributed by atoms with Crippen molar-refractivity contribution in [2.45, 2.75) is 25.8 Å². The van der Waals surface area contributed by atoms with Crippen LogP contribution in [0.1, 0.15) is 30.3 Å². The van der Waals surface area contributed by atoms with E-state index in [0.29, 0.717) is 6.54 Å². The van der Waals surface area contributed by atoms with Gasteiger partial charge in [0.25, 0.3) is 5.91 Å². The molecule has 1 aromatic carbocycles. The molecule has 1 saturated heterocycles. The van der Waals surface area contributed by atoms with E-state index in [0.717, 1.165) is 18.5 Å². The van der Waals surface area contributed by atoms with Crippen LogP contribution in [0.25, 0.3) is 5.69 Å². The van der Waals surface area contributed by atoms with Crippen LogP contribution in [0.5, 0.6) is 0 Å². The highest BCUT2D eigenvalue weighted by Crippen LogP contribution is 2.23. The molecule has 2 heterocycles. The van der Waals surface area contributed by atoms with E-state index in [1.807, 2.05) is 37.3 Å². The number of amides is 2. The predicted molar refractivity (Wildman–Crippen MR) is 83.8 cm³/mol. The van der Waals surface area contributed by atoms with Gasteiger partial charge >= 0.3 is 0 Å². The molecule has 0 unspecified atom stereocenters. The first-order valence-electron chi connectivity index (χ1n) is 7.64. The molecule has 1 aliphatic heterocycles. The summed E-state index contributed by atoms with van der Waals surface area (Å²) in [6, 6.07) is 9.52. The van der Waals surface area contributed by atoms with Gasteiger partial charge in [-0.1, -0.05) is 23.4 Å². The number of aromatic nitrogens is 3. The number of hydrogen-bond acceptors (Lipinski definition) is 4. The van der Waals surface area contributed by atoms with E-state index in [2.05, 4.69) is 10.3 Å². The van der Waals surface area contributed by atoms with Gasteiger partial charge in [-0.15, -0.1) is 5.10 Å². The molecule has 2 N–H and O–H groups in total. The third-order valence-corrected chi connectivity index (χ3v) is 4.28. The molecule has 0 aliphatic carbocycles. The van der Waals surface area contributed by atoms with E-state index < -0.39 is 0 Å². The number of likely N-dealkylation sites (tertiary alicyclic amines) is 1. The monoisotopic (exact) mass is 313 g/mol. The molecule has 1 aliphatic rings. The molecule has 0 radical (unpaired) electrons. The van der Waals surface area contributed by atoms with Gasteiger partial charge < -0.3 is 10.6 Å². The van der Waals surface area contributed by atoms with Crippen LogP contribution in [0.3, 0.4) is 0 Å². The second-order valence-corrected chi connectivity index (χ2v) is 5.87. The molecule has 1 fully saturated rings. The first kappa shape index (κ1) is 15.2. The zero-order chi connectivity index (χ0) is 16.4. The molecule has 1 aromatic heterocycles. The summed E-state index contributed by atoms with van der Waals surface area (Å²) in [5.41, 5.74) is 6.49. The Bertz CT molecular complexity index is 712. The zero-order valence-corrected chi connectivity index (χ0v) is 12.9. The van der Waals surface area contributed by atoms with Crippen molar-refractivity contribution in [3.8, 4) is 5.69 Å². The summed E-state index contributed by atoms with van der Waals surface area (Å²) in [4.78, 5) is 25.8. The fourth-order valence-corrected chi connectivity index (χ4v) is 2.84. The number of primary amides is 1. The molecular formula is C16H19N5O2. The first-order chi connectivity index (χ1) is 11.1. The second-order valence-electron chi connectivity index (χ2n) is 5.87. The highest BCUT2D eigenvalue weighted by molar-refractivity contribution is 5.92. The summed E-state index contributed by atoms with van der Waals surface area (Å²) in [7, 11) is 0. The molecule has 2 atom stereocenters. The summed E-state index contributed by atoms with van der Waals surface area (Å²) in [5, 5.41) is 7.99. The van der Waals surface area contributed by atoms with Gasteiger partial charge in [0.2, 0.25) is 5.91 Å². The Balaban J connectivity index is 1.80. The van der Waals surface area contributed by atoms with Crippen molar-refractivity contribution >= 4 is 11.8 Å². The fraction of sp³-hybridized carbons (Fsp3) is 0.375. The summed E-state index contributed by atoms with van der Waals surface area (Å²) >= 11 is 0. The fourth-order valence-electron chi connectivity index (χ4n) is 2.84. The highest BCUT2D eigenvalue weighted by atomic mass is 16.2. The van der Waals surface area contributed by atoms with Gasteiger partial charge in [0.15, 0.2) is 5.69 Å². The average molecular weight is 313 g/mol. The molecule has 0 saturated carbocycles. The third-order valence-electron chi connectivity index (χ3n) is 4.28. The van der Waals surface area contributed by atoms with Gasteiger partial charge in [-0.25, -0.2) is 4.68 Å². The van der Waals surface area contributed by atoms with Gasteiger partial charge in [0.1, 0.15) is 0 Å². The van der Waals surface area contributed by atoms with E-state index in [9.17, 15) is 9.59 Å². The highest BCUT2D eigenvalue weighted by Gasteiger charge is 2.33. The Morgan fingerprint density at radius 1 is 1.22 bits per heavy atom. The quantitative estimate of drug-likeness (QED) is 0.914. The van der Waals surface area contributed by atoms with Crippen molar-refractivity contribution in [3.63, 3.8) is 0 Å². The zero-order valence-electron chi connectivity index (χ0n) is 12.9. The Morgan fingerprint density at radius 2 is 1.96 bits per heavy atom. The summed E-state index contributed by atoms with van der Waals surface area (Å²) < 4.78 is 1.56. The van der Waals surface area contributed by atoms with E-state index in [1.54, 1.807) is 15.8 Å². The van der Waals surface area contributed by atoms with Crippen LogP contribution in [0.4, 0.5) is 0 Å². The van der Waals surface area contributed by atoms with Crippen LogP contribution in [-0.4, -0.2) is 44.3 Å². The summed E-state index contributed by atoms with van der Waals surface area (Å²) in [6.45, 7) is 2.31. The van der Waals surface area contributed by atoms with Crippen LogP contribution in [0.15, 0.2) is 36.5 Å². The minimum absolute atomic E-state index is 0.0555. The molecule has 7 heteroatoms. The molecule has 0 spiro atoms. The number of benzene rings is 1. The van der Waals surface area contributed by atoms with E-state index in [4.69, 9.17) is 5.73 Å². The third kappa shape index (κ3) is 3.08. The predicted octanol–water partition coefficient (Wildman–Crippen LogP) is 0.993. The lowest BCUT2D eigenvalue weighted by Gasteiger charge is -2.36. The Kier molecular flexibility index (Phi) is 4.10. The van der Waals surface area contributed by atoms with Crippen LogP contribution < -0.4 is 5.73 Å². The largest absolute Gasteiger partial charge is 0.369 e. The van der Waals surface area contributed by atoms with Gasteiger partial charge in [0, 0.05) is 12.6 Å². The smallest absolute Gasteiger partial charge is 0.276 e. The molecule has 23 heavy (non-hydrogen) atoms. The molecule has 2 aromatic rings. The van der Waals surface area contributed by atoms with Crippen molar-refractivity contribution in [2.24, 2.45) is 11.7 Å². The van der Waals surface area contributed by atoms with Gasteiger partial charge in [-0.2, -0.15) is 0 Å². The van der Waals surface area contributed by atoms with Gasteiger partial charge in [0.05, 0.1) is 17.8 Å². The number of rotatable bonds is 3. The van der Waals surface area contributed by atoms with Crippen LogP contribution >= 0.6 is 0 Å². The number of hydrogen-bond donors (Lipinski definition) is 1. The summed E-state index contributed by atoms with van der Waals surface area (Å²) in [5.74, 6) is -0.868. The minimum atomic E-state index is -0.359. The first-order valence-corrected chi connectivity index (χ1v) is 7.64. The van der Waals surface area contributed by atoms with Crippen molar-refractivity contribution in [2.75, 3.05) is 6.54 Å². The lowest BCUT2D eigenvalue weighted by Crippen LogP contribution is -2.48. The number of carbonyl (C=O) groups excluding carboxylic acids is 2. The van der Waals surface area contributed by atoms with Crippen molar-refractivity contribution in [3.05, 3.63) is 42.2 Å². The van der Waals surface area contributed by atoms with E-state index >= 15 is 0 Å². The lowest BCUT2D eigenvalue weighted by molar-refractivity contribution is -0.123. The molecule has 2 amide bonds. The van der Waals surface area contributed by atoms with Gasteiger partial charge in [-0.05, 0) is 31.9 Å². The SMILES string of the molecule is C[C@H]1CC[C@H](C(N)=O)CN1C(=O)c1cn(-c2ccccc2)nn1. The lowest BCUT2D eigenvalue weighted by atomic mass is 9.92. The number of para-hydroxylation sites is 1. The molecule has 7 nitrogen and oxygen atoms in total. The second kappa shape index (κ2) is 6.20. The van der Waals surface area contributed by atoms with E-state index in [1.165, 1.54) is 0 Å². The Hall–Kier alpha value is -2.70. The molecule has 3 rings (SSSR count). The van der Waals surface area contributed by atoms with Crippen LogP contribution in [0, 0.1) is 5.92 Å². The molecule has 0 bridgehead atoms. The number of nitrogens with zero attached hydrogens (tertiary/aromatic N) is 4. The Labute approximate surface area is 134 Å². The van der Waals surface area contributed by atoms with Gasteiger partial charge in [-0.3, -0.25) is 9.59 Å². The topological polar surface area (TPSA) is 94.1 Å². The minimum Gasteiger partial charge on any atom is -0.369 e. The maximum atomic E-state index is 12.7. The molecule has 120 valence electrons. The summed E-state index contributed by atoms with van der Waals surface area (Å²) in [6.07, 6.45) is 3.08. The maximum Gasteiger partial charge on any atom is 0.276 e. The maximum absolute atomic E-state index is 12.7. The number of nitrogens with two attached hydrogens (primary N) is 1. The standard InChI is InChI=1S/C16H19N5O2/c1-11-7-8-12(15(17)22)9-20(11)16(23)14-10-21(19-18-14)13-5-3-2-4-6-13/h2-6,10-12H,7-9H2,1H3,(H2,17,22)/t11-,12-/m0/s1. The average Bonchev–Trinajstić information content (AvgIpc) is 3.05. The van der Waals surface area contributed by atoms with Crippen LogP contribution in [-0.2, 0) is 4.79 Å². The Morgan fingerprint density at radius 3 is 2.65 bits per heavy atom. The van der Waals surface area contributed by atoms with Crippen molar-refractivity contribution in [1.29, 1.82) is 0 Å². The normalized spacial score (nSPS) is 21.2. The van der Waals surface area contributed by atoms with Crippen LogP contribution in [0.2, 0.25) is 0 Å². The molecular weight excluding hydrogens is 294 g/mol. The van der Waals surface area contributed by atoms with E-state index in [-0.39, 0.29) is 29.5 Å². The van der Waals surface area contributed by atoms with Crippen molar-refractivity contribution in [1.82, 2.24) is 19.9 Å².